The number of rotatable bonds is 3. The van der Waals surface area contributed by atoms with Crippen LogP contribution in [0.3, 0.4) is 0 Å². The Morgan fingerprint density at radius 2 is 2.21 bits per heavy atom. The Labute approximate surface area is 111 Å². The maximum Gasteiger partial charge on any atom is 0.293 e. The molecule has 1 heterocycles. The third kappa shape index (κ3) is 2.72. The second-order valence-electron chi connectivity index (χ2n) is 6.03. The van der Waals surface area contributed by atoms with Crippen LogP contribution in [-0.2, 0) is 15.1 Å². The minimum atomic E-state index is -1.13. The number of hydrogen-bond donors (Lipinski definition) is 1. The van der Waals surface area contributed by atoms with Crippen molar-refractivity contribution in [2.45, 2.75) is 57.3 Å². The lowest BCUT2D eigenvalue weighted by molar-refractivity contribution is -0.135. The molecule has 0 aliphatic heterocycles. The molecular weight excluding hydrogens is 249 g/mol. The summed E-state index contributed by atoms with van der Waals surface area (Å²) in [5, 5.41) is 4.47. The Morgan fingerprint density at radius 1 is 1.53 bits per heavy atom. The quantitative estimate of drug-likeness (QED) is 0.852. The fourth-order valence-electron chi connectivity index (χ4n) is 2.55. The largest absolute Gasteiger partial charge is 0.461 e. The van der Waals surface area contributed by atoms with Gasteiger partial charge in [-0.3, -0.25) is 4.79 Å². The monoisotopic (exact) mass is 269 g/mol. The Hall–Kier alpha value is -1.59. The molecule has 0 bridgehead atoms. The van der Waals surface area contributed by atoms with Crippen molar-refractivity contribution in [1.29, 1.82) is 0 Å². The number of anilines is 1. The highest BCUT2D eigenvalue weighted by Crippen LogP contribution is 2.38. The van der Waals surface area contributed by atoms with Gasteiger partial charge in [-0.2, -0.15) is 5.10 Å². The third-order valence-corrected chi connectivity index (χ3v) is 3.47. The molecule has 2 rings (SSSR count). The van der Waals surface area contributed by atoms with E-state index in [9.17, 15) is 9.18 Å². The molecule has 0 spiro atoms. The zero-order chi connectivity index (χ0) is 14.2. The van der Waals surface area contributed by atoms with Crippen molar-refractivity contribution in [3.05, 3.63) is 11.8 Å². The van der Waals surface area contributed by atoms with Crippen molar-refractivity contribution < 1.29 is 13.9 Å². The van der Waals surface area contributed by atoms with Crippen molar-refractivity contribution in [2.24, 2.45) is 0 Å². The van der Waals surface area contributed by atoms with Gasteiger partial charge in [0.2, 0.25) is 0 Å². The average molecular weight is 269 g/mol. The summed E-state index contributed by atoms with van der Waals surface area (Å²) in [4.78, 5) is 10.3. The van der Waals surface area contributed by atoms with Crippen LogP contribution in [0, 0.1) is 0 Å². The second-order valence-corrected chi connectivity index (χ2v) is 6.03. The summed E-state index contributed by atoms with van der Waals surface area (Å²) in [6, 6.07) is 1.78. The van der Waals surface area contributed by atoms with Gasteiger partial charge in [-0.25, -0.2) is 9.07 Å². The molecule has 1 aromatic rings. The zero-order valence-electron chi connectivity index (χ0n) is 11.5. The van der Waals surface area contributed by atoms with E-state index in [1.807, 2.05) is 20.8 Å². The number of hydrogen-bond acceptors (Lipinski definition) is 4. The van der Waals surface area contributed by atoms with E-state index in [1.54, 1.807) is 10.7 Å². The first kappa shape index (κ1) is 13.8. The summed E-state index contributed by atoms with van der Waals surface area (Å²) in [6.07, 6.45) is -1.01. The van der Waals surface area contributed by atoms with Crippen LogP contribution < -0.4 is 5.73 Å². The molecular formula is C13H20FN3O2. The highest BCUT2D eigenvalue weighted by Gasteiger charge is 2.38. The Bertz CT molecular complexity index is 467. The van der Waals surface area contributed by atoms with Gasteiger partial charge in [-0.05, 0) is 33.6 Å². The summed E-state index contributed by atoms with van der Waals surface area (Å²) in [5.74, 6) is 0.517. The highest BCUT2D eigenvalue weighted by molar-refractivity contribution is 5.38. The molecule has 1 fully saturated rings. The van der Waals surface area contributed by atoms with E-state index in [0.717, 1.165) is 5.69 Å². The molecule has 0 aromatic carbocycles. The van der Waals surface area contributed by atoms with Gasteiger partial charge in [0.15, 0.2) is 0 Å². The maximum atomic E-state index is 13.7. The van der Waals surface area contributed by atoms with Gasteiger partial charge >= 0.3 is 0 Å². The number of nitrogens with zero attached hydrogens (tertiary/aromatic N) is 2. The number of ether oxygens (including phenoxy) is 1. The van der Waals surface area contributed by atoms with Crippen LogP contribution in [0.25, 0.3) is 0 Å². The van der Waals surface area contributed by atoms with E-state index in [1.165, 1.54) is 0 Å². The molecule has 3 unspecified atom stereocenters. The predicted octanol–water partition coefficient (Wildman–Crippen LogP) is 1.98. The van der Waals surface area contributed by atoms with E-state index >= 15 is 0 Å². The van der Waals surface area contributed by atoms with Crippen molar-refractivity contribution in [3.8, 4) is 0 Å². The van der Waals surface area contributed by atoms with Gasteiger partial charge in [0.25, 0.3) is 6.47 Å². The summed E-state index contributed by atoms with van der Waals surface area (Å²) >= 11 is 0. The molecule has 5 nitrogen and oxygen atoms in total. The zero-order valence-corrected chi connectivity index (χ0v) is 11.5. The van der Waals surface area contributed by atoms with E-state index < -0.39 is 12.3 Å². The molecule has 2 N–H and O–H groups in total. The molecule has 6 heteroatoms. The van der Waals surface area contributed by atoms with Crippen LogP contribution >= 0.6 is 0 Å². The molecule has 1 aliphatic carbocycles. The summed E-state index contributed by atoms with van der Waals surface area (Å²) in [5.41, 5.74) is 6.50. The van der Waals surface area contributed by atoms with E-state index in [4.69, 9.17) is 10.5 Å². The maximum absolute atomic E-state index is 13.7. The lowest BCUT2D eigenvalue weighted by Gasteiger charge is -2.20. The van der Waals surface area contributed by atoms with E-state index in [0.29, 0.717) is 25.1 Å². The van der Waals surface area contributed by atoms with Crippen LogP contribution in [0.15, 0.2) is 6.07 Å². The minimum Gasteiger partial charge on any atom is -0.461 e. The molecule has 1 aliphatic rings. The smallest absolute Gasteiger partial charge is 0.293 e. The number of nitrogens with two attached hydrogens (primary N) is 1. The van der Waals surface area contributed by atoms with E-state index in [2.05, 4.69) is 5.10 Å². The molecule has 0 amide bonds. The van der Waals surface area contributed by atoms with Gasteiger partial charge in [0, 0.05) is 12.0 Å². The van der Waals surface area contributed by atoms with Crippen molar-refractivity contribution >= 4 is 12.3 Å². The number of carbonyl (C=O) groups excluding carboxylic acids is 1. The van der Waals surface area contributed by atoms with Crippen molar-refractivity contribution in [1.82, 2.24) is 9.78 Å². The van der Waals surface area contributed by atoms with Crippen LogP contribution in [0.1, 0.15) is 45.2 Å². The van der Waals surface area contributed by atoms with Crippen LogP contribution in [0.2, 0.25) is 0 Å². The first-order valence-electron chi connectivity index (χ1n) is 6.42. The Balaban J connectivity index is 2.18. The third-order valence-electron chi connectivity index (χ3n) is 3.47. The number of alkyl halides is 1. The lowest BCUT2D eigenvalue weighted by atomic mass is 10.0. The Kier molecular flexibility index (Phi) is 3.52. The van der Waals surface area contributed by atoms with Gasteiger partial charge in [0.05, 0.1) is 11.2 Å². The summed E-state index contributed by atoms with van der Waals surface area (Å²) < 4.78 is 20.2. The molecule has 0 radical (unpaired) electrons. The summed E-state index contributed by atoms with van der Waals surface area (Å²) in [6.45, 7) is 6.32. The number of carbonyl (C=O) groups is 1. The highest BCUT2D eigenvalue weighted by atomic mass is 19.1. The molecule has 1 aromatic heterocycles. The molecule has 19 heavy (non-hydrogen) atoms. The van der Waals surface area contributed by atoms with Crippen LogP contribution in [-0.4, -0.2) is 28.5 Å². The van der Waals surface area contributed by atoms with E-state index in [-0.39, 0.29) is 11.5 Å². The predicted molar refractivity (Wildman–Crippen MR) is 69.4 cm³/mol. The lowest BCUT2D eigenvalue weighted by Crippen LogP contribution is -2.24. The normalized spacial score (nSPS) is 27.5. The fourth-order valence-corrected chi connectivity index (χ4v) is 2.55. The number of halogens is 1. The van der Waals surface area contributed by atoms with Crippen LogP contribution in [0.5, 0.6) is 0 Å². The van der Waals surface area contributed by atoms with Crippen molar-refractivity contribution in [2.75, 3.05) is 5.73 Å². The van der Waals surface area contributed by atoms with Gasteiger partial charge < -0.3 is 10.5 Å². The first-order chi connectivity index (χ1) is 8.82. The van der Waals surface area contributed by atoms with Crippen LogP contribution in [0.4, 0.5) is 10.2 Å². The molecule has 3 atom stereocenters. The van der Waals surface area contributed by atoms with Crippen molar-refractivity contribution in [3.63, 3.8) is 0 Å². The number of aromatic nitrogens is 2. The SMILES string of the molecule is CC(C)(C)n1nc(C2CC(F)C(OC=O)C2)cc1N. The summed E-state index contributed by atoms with van der Waals surface area (Å²) in [7, 11) is 0. The standard InChI is InChI=1S/C13H20FN3O2/c1-13(2,3)17-12(15)6-10(16-17)8-4-9(14)11(5-8)19-7-18/h6-9,11H,4-5,15H2,1-3H3. The molecule has 0 saturated heterocycles. The second kappa shape index (κ2) is 4.83. The molecule has 106 valence electrons. The fraction of sp³-hybridized carbons (Fsp3) is 0.692. The molecule has 1 saturated carbocycles. The van der Waals surface area contributed by atoms with Gasteiger partial charge in [-0.1, -0.05) is 0 Å². The van der Waals surface area contributed by atoms with Gasteiger partial charge in [0.1, 0.15) is 18.1 Å². The first-order valence-corrected chi connectivity index (χ1v) is 6.42. The van der Waals surface area contributed by atoms with Gasteiger partial charge in [-0.15, -0.1) is 0 Å². The topological polar surface area (TPSA) is 70.1 Å². The number of nitrogen functional groups attached to an aromatic ring is 1. The average Bonchev–Trinajstić information content (AvgIpc) is 2.83. The Morgan fingerprint density at radius 3 is 2.74 bits per heavy atom. The minimum absolute atomic E-state index is 0.0501.